The molecule has 9 rings (SSSR count). The van der Waals surface area contributed by atoms with Crippen molar-refractivity contribution in [3.05, 3.63) is 169 Å². The maximum Gasteiger partial charge on any atom is 0.138 e. The van der Waals surface area contributed by atoms with Crippen LogP contribution in [0.15, 0.2) is 158 Å². The first kappa shape index (κ1) is 32.8. The minimum Gasteiger partial charge on any atom is -0.456 e. The van der Waals surface area contributed by atoms with Crippen molar-refractivity contribution in [2.75, 3.05) is 9.80 Å². The van der Waals surface area contributed by atoms with E-state index in [2.05, 4.69) is 209 Å². The summed E-state index contributed by atoms with van der Waals surface area (Å²) in [6, 6.07) is 57.2. The van der Waals surface area contributed by atoms with Gasteiger partial charge in [0, 0.05) is 50.4 Å². The molecule has 1 heterocycles. The summed E-state index contributed by atoms with van der Waals surface area (Å²) in [5.41, 5.74) is 9.40. The topological polar surface area (TPSA) is 15.7 Å². The Morgan fingerprint density at radius 2 is 0.887 bits per heavy atom. The van der Waals surface area contributed by atoms with Crippen molar-refractivity contribution in [2.24, 2.45) is 0 Å². The molecule has 0 aromatic heterocycles. The van der Waals surface area contributed by atoms with Gasteiger partial charge in [0.2, 0.25) is 0 Å². The van der Waals surface area contributed by atoms with Crippen LogP contribution in [-0.2, 0) is 10.8 Å². The predicted molar refractivity (Wildman–Crippen MR) is 226 cm³/mol. The highest BCUT2D eigenvalue weighted by molar-refractivity contribution is 6.28. The van der Waals surface area contributed by atoms with E-state index in [0.29, 0.717) is 0 Å². The van der Waals surface area contributed by atoms with Gasteiger partial charge in [-0.2, -0.15) is 0 Å². The number of hydrogen-bond acceptors (Lipinski definition) is 3. The van der Waals surface area contributed by atoms with E-state index < -0.39 is 0 Å². The third-order valence-electron chi connectivity index (χ3n) is 10.7. The van der Waals surface area contributed by atoms with Gasteiger partial charge in [0.15, 0.2) is 0 Å². The molecule has 3 nitrogen and oxygen atoms in total. The summed E-state index contributed by atoms with van der Waals surface area (Å²) in [6.45, 7) is 13.6. The maximum atomic E-state index is 6.97. The Labute approximate surface area is 312 Å². The summed E-state index contributed by atoms with van der Waals surface area (Å²) >= 11 is 0. The molecule has 0 amide bonds. The highest BCUT2D eigenvalue weighted by Crippen LogP contribution is 2.53. The lowest BCUT2D eigenvalue weighted by Crippen LogP contribution is -2.14. The third-order valence-corrected chi connectivity index (χ3v) is 10.7. The highest BCUT2D eigenvalue weighted by Gasteiger charge is 2.26. The summed E-state index contributed by atoms with van der Waals surface area (Å²) in [6.07, 6.45) is 0. The minimum absolute atomic E-state index is 0.0721. The average molecular weight is 689 g/mol. The Bertz CT molecular complexity index is 2630. The minimum atomic E-state index is 0.0721. The van der Waals surface area contributed by atoms with E-state index in [1.54, 1.807) is 0 Å². The van der Waals surface area contributed by atoms with Gasteiger partial charge in [-0.1, -0.05) is 126 Å². The Morgan fingerprint density at radius 3 is 1.45 bits per heavy atom. The quantitative estimate of drug-likeness (QED) is 0.162. The molecule has 3 heteroatoms. The van der Waals surface area contributed by atoms with E-state index in [-0.39, 0.29) is 10.8 Å². The largest absolute Gasteiger partial charge is 0.456 e. The third kappa shape index (κ3) is 5.68. The Kier molecular flexibility index (Phi) is 7.60. The van der Waals surface area contributed by atoms with Gasteiger partial charge in [0.25, 0.3) is 0 Å². The number of ether oxygens (including phenoxy) is 1. The molecular weight excluding hydrogens is 645 g/mol. The second kappa shape index (κ2) is 12.3. The number of rotatable bonds is 6. The monoisotopic (exact) mass is 688 g/mol. The van der Waals surface area contributed by atoms with E-state index in [1.165, 1.54) is 21.9 Å². The average Bonchev–Trinajstić information content (AvgIpc) is 3.16. The number of benzene rings is 8. The maximum absolute atomic E-state index is 6.97. The Hall–Kier alpha value is -6.06. The van der Waals surface area contributed by atoms with Crippen molar-refractivity contribution < 1.29 is 4.74 Å². The van der Waals surface area contributed by atoms with Gasteiger partial charge >= 0.3 is 0 Å². The van der Waals surface area contributed by atoms with Crippen LogP contribution in [-0.4, -0.2) is 0 Å². The van der Waals surface area contributed by atoms with Crippen molar-refractivity contribution in [1.82, 2.24) is 0 Å². The van der Waals surface area contributed by atoms with Crippen LogP contribution >= 0.6 is 0 Å². The van der Waals surface area contributed by atoms with Crippen molar-refractivity contribution in [3.63, 3.8) is 0 Å². The zero-order valence-electron chi connectivity index (χ0n) is 31.3. The van der Waals surface area contributed by atoms with Crippen molar-refractivity contribution >= 4 is 66.4 Å². The lowest BCUT2D eigenvalue weighted by Gasteiger charge is -2.31. The van der Waals surface area contributed by atoms with Gasteiger partial charge in [-0.3, -0.25) is 0 Å². The Balaban J connectivity index is 1.25. The fourth-order valence-corrected chi connectivity index (χ4v) is 7.89. The number of nitrogens with zero attached hydrogens (tertiary/aromatic N) is 2. The zero-order chi connectivity index (χ0) is 36.5. The smallest absolute Gasteiger partial charge is 0.138 e. The molecule has 260 valence electrons. The Morgan fingerprint density at radius 1 is 0.377 bits per heavy atom. The van der Waals surface area contributed by atoms with Gasteiger partial charge in [-0.15, -0.1) is 0 Å². The molecular formula is C50H44N2O. The molecule has 0 saturated heterocycles. The molecule has 0 radical (unpaired) electrons. The van der Waals surface area contributed by atoms with E-state index in [9.17, 15) is 0 Å². The molecule has 0 saturated carbocycles. The molecule has 0 spiro atoms. The van der Waals surface area contributed by atoms with E-state index in [1.807, 2.05) is 0 Å². The van der Waals surface area contributed by atoms with Crippen LogP contribution in [0.1, 0.15) is 52.7 Å². The summed E-state index contributed by atoms with van der Waals surface area (Å²) in [5.74, 6) is 1.75. The number of para-hydroxylation sites is 2. The van der Waals surface area contributed by atoms with E-state index >= 15 is 0 Å². The SMILES string of the molecule is CC(C)(C)c1ccc(N(c2ccccc2)c2cc3c4c(ccc5cc(N(c6ccccc6)c6ccc(C(C)(C)C)cc6)c6cccc(c6c54)O3)c2)cc1. The lowest BCUT2D eigenvalue weighted by atomic mass is 9.87. The summed E-state index contributed by atoms with van der Waals surface area (Å²) in [4.78, 5) is 4.72. The lowest BCUT2D eigenvalue weighted by molar-refractivity contribution is 0.493. The van der Waals surface area contributed by atoms with Crippen LogP contribution in [0.3, 0.4) is 0 Å². The predicted octanol–water partition coefficient (Wildman–Crippen LogP) is 14.8. The molecule has 0 aliphatic carbocycles. The first-order valence-corrected chi connectivity index (χ1v) is 18.6. The van der Waals surface area contributed by atoms with Crippen molar-refractivity contribution in [1.29, 1.82) is 0 Å². The molecule has 0 fully saturated rings. The van der Waals surface area contributed by atoms with Gasteiger partial charge in [0.05, 0.1) is 11.4 Å². The molecule has 0 bridgehead atoms. The normalized spacial score (nSPS) is 12.5. The molecule has 8 aromatic rings. The molecule has 0 unspecified atom stereocenters. The zero-order valence-corrected chi connectivity index (χ0v) is 31.3. The highest BCUT2D eigenvalue weighted by atomic mass is 16.5. The standard InChI is InChI=1S/C50H44N2O/c1-49(2,3)35-22-26-39(27-23-35)51(37-14-9-7-10-15-37)41-30-33-20-21-34-31-43(42-18-13-19-44-48(42)47(34)46(33)45(32-41)53-44)52(38-16-11-8-12-17-38)40-28-24-36(25-29-40)50(4,5)6/h7-32H,1-6H3. The summed E-state index contributed by atoms with van der Waals surface area (Å²) in [5, 5.41) is 7.04. The summed E-state index contributed by atoms with van der Waals surface area (Å²) < 4.78 is 6.97. The first-order valence-electron chi connectivity index (χ1n) is 18.6. The van der Waals surface area contributed by atoms with Crippen LogP contribution in [0.2, 0.25) is 0 Å². The van der Waals surface area contributed by atoms with Gasteiger partial charge in [-0.05, 0) is 99.5 Å². The van der Waals surface area contributed by atoms with Crippen molar-refractivity contribution in [3.8, 4) is 11.5 Å². The van der Waals surface area contributed by atoms with Crippen LogP contribution < -0.4 is 14.5 Å². The van der Waals surface area contributed by atoms with Crippen molar-refractivity contribution in [2.45, 2.75) is 52.4 Å². The van der Waals surface area contributed by atoms with E-state index in [4.69, 9.17) is 4.74 Å². The molecule has 0 N–H and O–H groups in total. The molecule has 53 heavy (non-hydrogen) atoms. The van der Waals surface area contributed by atoms with Gasteiger partial charge in [-0.25, -0.2) is 0 Å². The van der Waals surface area contributed by atoms with Crippen LogP contribution in [0.25, 0.3) is 32.3 Å². The first-order chi connectivity index (χ1) is 25.5. The number of anilines is 6. The molecule has 8 aromatic carbocycles. The van der Waals surface area contributed by atoms with Crippen LogP contribution in [0, 0.1) is 0 Å². The summed E-state index contributed by atoms with van der Waals surface area (Å²) in [7, 11) is 0. The number of hydrogen-bond donors (Lipinski definition) is 0. The van der Waals surface area contributed by atoms with Gasteiger partial charge < -0.3 is 14.5 Å². The fraction of sp³-hybridized carbons (Fsp3) is 0.160. The fourth-order valence-electron chi connectivity index (χ4n) is 7.89. The van der Waals surface area contributed by atoms with Crippen LogP contribution in [0.5, 0.6) is 11.5 Å². The molecule has 1 aliphatic rings. The second-order valence-corrected chi connectivity index (χ2v) is 16.3. The molecule has 0 atom stereocenters. The van der Waals surface area contributed by atoms with E-state index in [0.717, 1.165) is 67.2 Å². The van der Waals surface area contributed by atoms with Crippen LogP contribution in [0.4, 0.5) is 34.1 Å². The second-order valence-electron chi connectivity index (χ2n) is 16.3. The van der Waals surface area contributed by atoms with Gasteiger partial charge in [0.1, 0.15) is 11.5 Å². The molecule has 1 aliphatic heterocycles.